The molecular formula is C21H20F6N2O4S. The lowest BCUT2D eigenvalue weighted by Crippen LogP contribution is -2.54. The molecule has 6 nitrogen and oxygen atoms in total. The van der Waals surface area contributed by atoms with Gasteiger partial charge in [0.25, 0.3) is 5.60 Å². The number of sulfone groups is 1. The lowest BCUT2D eigenvalue weighted by atomic mass is 9.83. The summed E-state index contributed by atoms with van der Waals surface area (Å²) >= 11 is 0. The number of carbonyl (C=O) groups excluding carboxylic acids is 1. The van der Waals surface area contributed by atoms with Crippen LogP contribution in [0.1, 0.15) is 30.9 Å². The first-order chi connectivity index (χ1) is 15.5. The molecule has 1 saturated carbocycles. The average molecular weight is 510 g/mol. The molecule has 34 heavy (non-hydrogen) atoms. The van der Waals surface area contributed by atoms with Crippen molar-refractivity contribution in [2.24, 2.45) is 5.92 Å². The highest BCUT2D eigenvalue weighted by Gasteiger charge is 2.72. The van der Waals surface area contributed by atoms with Gasteiger partial charge in [-0.1, -0.05) is 6.07 Å². The van der Waals surface area contributed by atoms with Gasteiger partial charge in [0.1, 0.15) is 0 Å². The number of aliphatic hydroxyl groups is 1. The van der Waals surface area contributed by atoms with E-state index >= 15 is 0 Å². The molecule has 3 rings (SSSR count). The van der Waals surface area contributed by atoms with Crippen molar-refractivity contribution in [3.8, 4) is 11.1 Å². The quantitative estimate of drug-likeness (QED) is 0.558. The number of rotatable bonds is 6. The van der Waals surface area contributed by atoms with E-state index in [1.807, 2.05) is 0 Å². The zero-order valence-corrected chi connectivity index (χ0v) is 18.7. The number of benzene rings is 1. The average Bonchev–Trinajstić information content (AvgIpc) is 3.50. The molecule has 0 spiro atoms. The molecule has 2 N–H and O–H groups in total. The van der Waals surface area contributed by atoms with Crippen LogP contribution in [0.2, 0.25) is 0 Å². The van der Waals surface area contributed by atoms with E-state index in [1.54, 1.807) is 0 Å². The monoisotopic (exact) mass is 510 g/mol. The highest BCUT2D eigenvalue weighted by atomic mass is 32.2. The smallest absolute Gasteiger partial charge is 0.369 e. The summed E-state index contributed by atoms with van der Waals surface area (Å²) in [7, 11) is -3.79. The Balaban J connectivity index is 2.24. The van der Waals surface area contributed by atoms with Gasteiger partial charge < -0.3 is 10.4 Å². The highest BCUT2D eigenvalue weighted by molar-refractivity contribution is 7.91. The summed E-state index contributed by atoms with van der Waals surface area (Å²) in [6, 6.07) is 3.25. The Bertz CT molecular complexity index is 1190. The van der Waals surface area contributed by atoms with Gasteiger partial charge >= 0.3 is 12.4 Å². The van der Waals surface area contributed by atoms with Crippen LogP contribution in [0.3, 0.4) is 0 Å². The van der Waals surface area contributed by atoms with Gasteiger partial charge in [-0.05, 0) is 55.0 Å². The summed E-state index contributed by atoms with van der Waals surface area (Å²) in [6.07, 6.45) is -9.99. The van der Waals surface area contributed by atoms with E-state index in [0.29, 0.717) is 6.07 Å². The van der Waals surface area contributed by atoms with Crippen molar-refractivity contribution in [2.45, 2.75) is 49.7 Å². The Hall–Kier alpha value is -2.67. The number of aromatic nitrogens is 1. The van der Waals surface area contributed by atoms with Crippen molar-refractivity contribution in [1.82, 2.24) is 4.98 Å². The number of alkyl halides is 6. The minimum absolute atomic E-state index is 0.0109. The van der Waals surface area contributed by atoms with E-state index in [-0.39, 0.29) is 33.5 Å². The summed E-state index contributed by atoms with van der Waals surface area (Å²) in [4.78, 5) is 15.2. The van der Waals surface area contributed by atoms with E-state index in [1.165, 1.54) is 0 Å². The maximum absolute atomic E-state index is 13.6. The maximum Gasteiger partial charge on any atom is 0.430 e. The number of nitrogens with one attached hydrogen (secondary N) is 1. The number of halogens is 6. The Morgan fingerprint density at radius 2 is 1.68 bits per heavy atom. The Morgan fingerprint density at radius 1 is 1.09 bits per heavy atom. The SMILES string of the molecule is CC(=O)Nc1ccc(C(O)(C(F)(F)F)C(F)(F)F)c(-c2ccc(S(=O)(=O)CC3CC3)nc2)c1C. The van der Waals surface area contributed by atoms with Gasteiger partial charge in [-0.15, -0.1) is 0 Å². The van der Waals surface area contributed by atoms with E-state index in [2.05, 4.69) is 10.3 Å². The lowest BCUT2D eigenvalue weighted by Gasteiger charge is -2.35. The summed E-state index contributed by atoms with van der Waals surface area (Å²) in [5.41, 5.74) is -8.09. The molecule has 1 aliphatic carbocycles. The van der Waals surface area contributed by atoms with Crippen molar-refractivity contribution in [1.29, 1.82) is 0 Å². The fourth-order valence-corrected chi connectivity index (χ4v) is 5.18. The van der Waals surface area contributed by atoms with Crippen LogP contribution in [0, 0.1) is 12.8 Å². The highest BCUT2D eigenvalue weighted by Crippen LogP contribution is 2.53. The molecule has 0 unspecified atom stereocenters. The topological polar surface area (TPSA) is 96.4 Å². The number of hydrogen-bond acceptors (Lipinski definition) is 5. The van der Waals surface area contributed by atoms with Crippen molar-refractivity contribution in [2.75, 3.05) is 11.1 Å². The predicted molar refractivity (Wildman–Crippen MR) is 109 cm³/mol. The van der Waals surface area contributed by atoms with Crippen molar-refractivity contribution >= 4 is 21.4 Å². The number of amides is 1. The molecule has 1 aliphatic rings. The summed E-state index contributed by atoms with van der Waals surface area (Å²) in [5.74, 6) is -0.810. The number of nitrogens with zero attached hydrogens (tertiary/aromatic N) is 1. The second kappa shape index (κ2) is 8.52. The lowest BCUT2D eigenvalue weighted by molar-refractivity contribution is -0.376. The normalized spacial score (nSPS) is 15.3. The molecule has 1 fully saturated rings. The van der Waals surface area contributed by atoms with Crippen LogP contribution in [-0.2, 0) is 20.2 Å². The molecule has 13 heteroatoms. The Labute approximate surface area is 190 Å². The fraction of sp³-hybridized carbons (Fsp3) is 0.429. The zero-order valence-electron chi connectivity index (χ0n) is 17.9. The van der Waals surface area contributed by atoms with Gasteiger partial charge in [0.2, 0.25) is 5.91 Å². The fourth-order valence-electron chi connectivity index (χ4n) is 3.57. The number of hydrogen-bond donors (Lipinski definition) is 2. The number of carbonyl (C=O) groups is 1. The van der Waals surface area contributed by atoms with Crippen molar-refractivity contribution in [3.05, 3.63) is 41.6 Å². The molecule has 186 valence electrons. The maximum atomic E-state index is 13.6. The molecule has 0 saturated heterocycles. The first-order valence-corrected chi connectivity index (χ1v) is 11.6. The van der Waals surface area contributed by atoms with E-state index in [4.69, 9.17) is 0 Å². The van der Waals surface area contributed by atoms with Gasteiger partial charge in [0.15, 0.2) is 14.9 Å². The second-order valence-corrected chi connectivity index (χ2v) is 10.1. The molecule has 0 atom stereocenters. The molecule has 0 radical (unpaired) electrons. The van der Waals surface area contributed by atoms with Gasteiger partial charge in [-0.2, -0.15) is 26.3 Å². The molecule has 0 aliphatic heterocycles. The second-order valence-electron chi connectivity index (χ2n) is 8.16. The van der Waals surface area contributed by atoms with Crippen molar-refractivity contribution < 1.29 is 44.7 Å². The van der Waals surface area contributed by atoms with Crippen LogP contribution in [0.25, 0.3) is 11.1 Å². The van der Waals surface area contributed by atoms with E-state index in [0.717, 1.165) is 51.1 Å². The van der Waals surface area contributed by atoms with Crippen LogP contribution in [0.15, 0.2) is 35.5 Å². The van der Waals surface area contributed by atoms with E-state index in [9.17, 15) is 44.7 Å². The predicted octanol–water partition coefficient (Wildman–Crippen LogP) is 4.51. The third kappa shape index (κ3) is 4.76. The van der Waals surface area contributed by atoms with Crippen LogP contribution in [-0.4, -0.2) is 42.5 Å². The van der Waals surface area contributed by atoms with Crippen LogP contribution in [0.4, 0.5) is 32.0 Å². The van der Waals surface area contributed by atoms with Gasteiger partial charge in [-0.25, -0.2) is 13.4 Å². The minimum atomic E-state index is -6.15. The van der Waals surface area contributed by atoms with Gasteiger partial charge in [-0.3, -0.25) is 4.79 Å². The largest absolute Gasteiger partial charge is 0.430 e. The van der Waals surface area contributed by atoms with E-state index < -0.39 is 44.8 Å². The van der Waals surface area contributed by atoms with Gasteiger partial charge in [0, 0.05) is 29.9 Å². The number of anilines is 1. The zero-order chi connectivity index (χ0) is 25.7. The third-order valence-electron chi connectivity index (χ3n) is 5.48. The summed E-state index contributed by atoms with van der Waals surface area (Å²) < 4.78 is 107. The molecular weight excluding hydrogens is 490 g/mol. The Morgan fingerprint density at radius 3 is 2.12 bits per heavy atom. The minimum Gasteiger partial charge on any atom is -0.369 e. The van der Waals surface area contributed by atoms with Gasteiger partial charge in [0.05, 0.1) is 5.75 Å². The molecule has 1 aromatic heterocycles. The standard InChI is InChI=1S/C21H20F6N2O4S/c1-11-16(29-12(2)30)7-6-15(19(31,20(22,23)24)21(25,26)27)18(11)14-5-8-17(28-9-14)34(32,33)10-13-3-4-13/h5-9,13,31H,3-4,10H2,1-2H3,(H,29,30). The summed E-state index contributed by atoms with van der Waals surface area (Å²) in [6.45, 7) is 2.25. The molecule has 1 heterocycles. The molecule has 1 amide bonds. The van der Waals surface area contributed by atoms with Crippen LogP contribution >= 0.6 is 0 Å². The van der Waals surface area contributed by atoms with Crippen LogP contribution in [0.5, 0.6) is 0 Å². The Kier molecular flexibility index (Phi) is 6.50. The third-order valence-corrected chi connectivity index (χ3v) is 7.27. The van der Waals surface area contributed by atoms with Crippen LogP contribution < -0.4 is 5.32 Å². The molecule has 1 aromatic carbocycles. The van der Waals surface area contributed by atoms with Crippen molar-refractivity contribution in [3.63, 3.8) is 0 Å². The molecule has 2 aromatic rings. The first kappa shape index (κ1) is 25.9. The number of pyridine rings is 1. The molecule has 0 bridgehead atoms. The summed E-state index contributed by atoms with van der Waals surface area (Å²) in [5, 5.41) is 12.0. The first-order valence-electron chi connectivity index (χ1n) is 9.95.